The molecule has 6 rings (SSSR count). The van der Waals surface area contributed by atoms with Crippen LogP contribution in [0.2, 0.25) is 0 Å². The molecule has 0 aliphatic carbocycles. The summed E-state index contributed by atoms with van der Waals surface area (Å²) in [7, 11) is 1.90. The molecule has 5 heterocycles. The van der Waals surface area contributed by atoms with Crippen LogP contribution in [0.4, 0.5) is 0 Å². The van der Waals surface area contributed by atoms with Crippen LogP contribution in [0, 0.1) is 12.8 Å². The van der Waals surface area contributed by atoms with Crippen molar-refractivity contribution in [1.29, 1.82) is 0 Å². The summed E-state index contributed by atoms with van der Waals surface area (Å²) in [6, 6.07) is 7.30. The number of fused-ring (bicyclic) bond motifs is 3. The number of aromatic nitrogens is 3. The predicted octanol–water partition coefficient (Wildman–Crippen LogP) is 3.72. The maximum Gasteiger partial charge on any atom is 0.176 e. The Morgan fingerprint density at radius 2 is 2.00 bits per heavy atom. The van der Waals surface area contributed by atoms with Crippen LogP contribution in [0.3, 0.4) is 0 Å². The first-order valence-electron chi connectivity index (χ1n) is 15.1. The molecule has 3 N–H and O–H groups in total. The molecule has 1 aromatic heterocycles. The van der Waals surface area contributed by atoms with Gasteiger partial charge >= 0.3 is 0 Å². The Morgan fingerprint density at radius 3 is 2.76 bits per heavy atom. The van der Waals surface area contributed by atoms with Crippen molar-refractivity contribution < 1.29 is 9.47 Å². The van der Waals surface area contributed by atoms with Gasteiger partial charge in [-0.1, -0.05) is 12.1 Å². The monoisotopic (exact) mass is 560 g/mol. The van der Waals surface area contributed by atoms with E-state index in [1.54, 1.807) is 6.20 Å². The Hall–Kier alpha value is -3.37. The molecule has 2 saturated heterocycles. The second-order valence-electron chi connectivity index (χ2n) is 11.8. The lowest BCUT2D eigenvalue weighted by Crippen LogP contribution is -2.46. The molecule has 220 valence electrons. The number of hydrogen-bond donors (Lipinski definition) is 2. The number of nitrogens with zero attached hydrogens (tertiary/aromatic N) is 6. The average molecular weight is 561 g/mol. The molecule has 2 atom stereocenters. The summed E-state index contributed by atoms with van der Waals surface area (Å²) in [5.74, 6) is 2.87. The Bertz CT molecular complexity index is 1340. The van der Waals surface area contributed by atoms with Gasteiger partial charge in [0.1, 0.15) is 24.3 Å². The van der Waals surface area contributed by atoms with Gasteiger partial charge in [-0.15, -0.1) is 0 Å². The molecular formula is C31H44N8O2. The van der Waals surface area contributed by atoms with Crippen molar-refractivity contribution in [3.05, 3.63) is 53.4 Å². The lowest BCUT2D eigenvalue weighted by atomic mass is 9.85. The predicted molar refractivity (Wildman–Crippen MR) is 161 cm³/mol. The lowest BCUT2D eigenvalue weighted by Gasteiger charge is -2.40. The summed E-state index contributed by atoms with van der Waals surface area (Å²) in [4.78, 5) is 14.5. The summed E-state index contributed by atoms with van der Waals surface area (Å²) in [6.45, 7) is 11.5. The number of nitrogens with one attached hydrogen (secondary N) is 1. The van der Waals surface area contributed by atoms with Crippen LogP contribution in [-0.2, 0) is 4.74 Å². The Labute approximate surface area is 243 Å². The fourth-order valence-corrected chi connectivity index (χ4v) is 6.83. The second-order valence-corrected chi connectivity index (χ2v) is 11.8. The van der Waals surface area contributed by atoms with Crippen molar-refractivity contribution >= 4 is 17.0 Å². The zero-order valence-electron chi connectivity index (χ0n) is 24.8. The van der Waals surface area contributed by atoms with E-state index in [1.807, 2.05) is 18.7 Å². The van der Waals surface area contributed by atoms with E-state index in [-0.39, 0.29) is 12.2 Å². The minimum absolute atomic E-state index is 0.0369. The number of benzene rings is 1. The van der Waals surface area contributed by atoms with E-state index in [0.717, 1.165) is 97.6 Å². The van der Waals surface area contributed by atoms with Crippen LogP contribution in [0.25, 0.3) is 11.3 Å². The molecule has 0 amide bonds. The molecule has 4 aliphatic rings. The molecule has 2 fully saturated rings. The minimum Gasteiger partial charge on any atom is -0.491 e. The van der Waals surface area contributed by atoms with Gasteiger partial charge in [-0.05, 0) is 64.6 Å². The van der Waals surface area contributed by atoms with Crippen molar-refractivity contribution in [3.63, 3.8) is 0 Å². The van der Waals surface area contributed by atoms with Crippen molar-refractivity contribution in [2.75, 3.05) is 46.5 Å². The van der Waals surface area contributed by atoms with E-state index in [9.17, 15) is 0 Å². The molecule has 41 heavy (non-hydrogen) atoms. The van der Waals surface area contributed by atoms with E-state index in [2.05, 4.69) is 58.5 Å². The lowest BCUT2D eigenvalue weighted by molar-refractivity contribution is 0.0232. The van der Waals surface area contributed by atoms with Gasteiger partial charge in [0.15, 0.2) is 5.82 Å². The maximum atomic E-state index is 6.32. The highest BCUT2D eigenvalue weighted by atomic mass is 16.5. The quantitative estimate of drug-likeness (QED) is 0.515. The van der Waals surface area contributed by atoms with Crippen molar-refractivity contribution in [2.24, 2.45) is 16.6 Å². The van der Waals surface area contributed by atoms with Crippen LogP contribution >= 0.6 is 0 Å². The Kier molecular flexibility index (Phi) is 8.03. The molecule has 2 unspecified atom stereocenters. The van der Waals surface area contributed by atoms with Gasteiger partial charge in [0.05, 0.1) is 12.2 Å². The van der Waals surface area contributed by atoms with Gasteiger partial charge < -0.3 is 25.4 Å². The fourth-order valence-electron chi connectivity index (χ4n) is 6.83. The highest BCUT2D eigenvalue weighted by molar-refractivity contribution is 6.25. The van der Waals surface area contributed by atoms with Crippen LogP contribution in [-0.4, -0.2) is 82.8 Å². The number of likely N-dealkylation sites (tertiary alicyclic amines) is 1. The largest absolute Gasteiger partial charge is 0.491 e. The number of piperidine rings is 1. The number of ether oxygens (including phenoxy) is 2. The van der Waals surface area contributed by atoms with Crippen LogP contribution in [0.15, 0.2) is 35.6 Å². The van der Waals surface area contributed by atoms with Gasteiger partial charge in [-0.2, -0.15) is 5.10 Å². The molecule has 0 spiro atoms. The minimum atomic E-state index is -0.0369. The number of aliphatic imine (C=N–C) groups is 1. The Balaban J connectivity index is 1.23. The standard InChI is InChI=1S/C31H44N8O2/c1-20(2)39-31(34-21(3)36-39)27-19-38-12-15-41-28-16-22(7-8-25(28)30(38)35-27)26(17-32)29(33-4)23-6-5-11-37(18-23)24-9-13-40-14-10-24/h7-8,16-17,19-20,23-24,30,35H,5-6,9-15,18,32H2,1-4H3. The fraction of sp³-hybridized carbons (Fsp3) is 0.581. The topological polar surface area (TPSA) is 106 Å². The third kappa shape index (κ3) is 5.47. The first-order valence-corrected chi connectivity index (χ1v) is 15.1. The Morgan fingerprint density at radius 1 is 1.17 bits per heavy atom. The van der Waals surface area contributed by atoms with Crippen LogP contribution in [0.5, 0.6) is 5.75 Å². The van der Waals surface area contributed by atoms with E-state index in [4.69, 9.17) is 25.2 Å². The number of nitrogens with two attached hydrogens (primary N) is 1. The second kappa shape index (κ2) is 11.9. The summed E-state index contributed by atoms with van der Waals surface area (Å²) in [5, 5.41) is 8.32. The zero-order valence-corrected chi connectivity index (χ0v) is 24.8. The maximum absolute atomic E-state index is 6.32. The van der Waals surface area contributed by atoms with Crippen molar-refractivity contribution in [3.8, 4) is 5.75 Å². The van der Waals surface area contributed by atoms with Gasteiger partial charge in [0.25, 0.3) is 0 Å². The van der Waals surface area contributed by atoms with Crippen LogP contribution < -0.4 is 15.8 Å². The smallest absolute Gasteiger partial charge is 0.176 e. The van der Waals surface area contributed by atoms with Crippen molar-refractivity contribution in [1.82, 2.24) is 29.9 Å². The van der Waals surface area contributed by atoms with Gasteiger partial charge in [0, 0.05) is 74.1 Å². The average Bonchev–Trinajstić information content (AvgIpc) is 3.55. The number of allylic oxidation sites excluding steroid dienone is 1. The first-order chi connectivity index (χ1) is 20.0. The van der Waals surface area contributed by atoms with Gasteiger partial charge in [-0.25, -0.2) is 9.67 Å². The molecular weight excluding hydrogens is 516 g/mol. The summed E-state index contributed by atoms with van der Waals surface area (Å²) >= 11 is 0. The zero-order chi connectivity index (χ0) is 28.5. The third-order valence-corrected chi connectivity index (χ3v) is 8.84. The summed E-state index contributed by atoms with van der Waals surface area (Å²) < 4.78 is 13.9. The third-order valence-electron chi connectivity index (χ3n) is 8.84. The van der Waals surface area contributed by atoms with E-state index in [1.165, 1.54) is 6.42 Å². The molecule has 10 heteroatoms. The highest BCUT2D eigenvalue weighted by Crippen LogP contribution is 2.39. The summed E-state index contributed by atoms with van der Waals surface area (Å²) in [6.07, 6.45) is 8.38. The number of hydrogen-bond acceptors (Lipinski definition) is 9. The molecule has 0 bridgehead atoms. The molecule has 2 aromatic rings. The summed E-state index contributed by atoms with van der Waals surface area (Å²) in [5.41, 5.74) is 11.5. The molecule has 0 radical (unpaired) electrons. The highest BCUT2D eigenvalue weighted by Gasteiger charge is 2.34. The first kappa shape index (κ1) is 27.8. The number of aryl methyl sites for hydroxylation is 1. The van der Waals surface area contributed by atoms with Gasteiger partial charge in [0.2, 0.25) is 0 Å². The van der Waals surface area contributed by atoms with E-state index < -0.39 is 0 Å². The number of rotatable bonds is 6. The molecule has 10 nitrogen and oxygen atoms in total. The molecule has 0 saturated carbocycles. The van der Waals surface area contributed by atoms with Crippen LogP contribution in [0.1, 0.15) is 74.5 Å². The van der Waals surface area contributed by atoms with E-state index >= 15 is 0 Å². The van der Waals surface area contributed by atoms with Gasteiger partial charge in [-0.3, -0.25) is 9.89 Å². The molecule has 4 aliphatic heterocycles. The van der Waals surface area contributed by atoms with Crippen molar-refractivity contribution in [2.45, 2.75) is 64.7 Å². The van der Waals surface area contributed by atoms with E-state index in [0.29, 0.717) is 18.6 Å². The SMILES string of the molecule is CN=C(C(=CN)c1ccc2c(c1)OCCN1C=C(c3nc(C)nn3C(C)C)NC21)C1CCCN(C2CCOCC2)C1. The normalized spacial score (nSPS) is 24.4. The molecule has 1 aromatic carbocycles.